The molecule has 3 aromatic rings. The summed E-state index contributed by atoms with van der Waals surface area (Å²) < 4.78 is 34.0. The Hall–Kier alpha value is -2.74. The van der Waals surface area contributed by atoms with E-state index in [1.807, 2.05) is 31.5 Å². The van der Waals surface area contributed by atoms with E-state index in [0.717, 1.165) is 53.3 Å². The molecule has 1 saturated heterocycles. The van der Waals surface area contributed by atoms with E-state index in [9.17, 15) is 18.4 Å². The number of piperidine rings is 1. The van der Waals surface area contributed by atoms with Gasteiger partial charge in [-0.1, -0.05) is 30.1 Å². The average Bonchev–Trinajstić information content (AvgIpc) is 3.25. The van der Waals surface area contributed by atoms with Crippen molar-refractivity contribution in [1.29, 1.82) is 0 Å². The van der Waals surface area contributed by atoms with Gasteiger partial charge >= 0.3 is 0 Å². The van der Waals surface area contributed by atoms with Gasteiger partial charge in [-0.15, -0.1) is 0 Å². The lowest BCUT2D eigenvalue weighted by Crippen LogP contribution is -2.19. The summed E-state index contributed by atoms with van der Waals surface area (Å²) >= 11 is 11.3. The second-order valence-electron chi connectivity index (χ2n) is 10.9. The van der Waals surface area contributed by atoms with Crippen LogP contribution in [0.2, 0.25) is 10.0 Å². The SMILES string of the molecule is CC/C=C(/OC)C1C2CN(C)CC21.Cc1cc(C(C)(F)F)cc2c1cc(C)n2C.O=Cc1ccc(Cl)c(C=O)c1Cl. The van der Waals surface area contributed by atoms with Crippen molar-refractivity contribution in [2.24, 2.45) is 24.8 Å². The molecule has 2 heterocycles. The van der Waals surface area contributed by atoms with E-state index in [2.05, 4.69) is 24.9 Å². The minimum Gasteiger partial charge on any atom is -0.501 e. The Labute approximate surface area is 251 Å². The number of aldehydes is 2. The van der Waals surface area contributed by atoms with Gasteiger partial charge in [0.25, 0.3) is 5.92 Å². The van der Waals surface area contributed by atoms with Crippen molar-refractivity contribution in [3.63, 3.8) is 0 Å². The van der Waals surface area contributed by atoms with Crippen LogP contribution in [0.3, 0.4) is 0 Å². The standard InChI is InChI=1S/C13H15F2N.C11H19NO.C8H4Cl2O2/c1-8-5-10(13(3,14)15)7-12-11(8)6-9(2)16(12)4;1-4-5-10(13-3)11-8-6-12(2)7-9(8)11;9-7-2-1-5(3-11)8(10)6(7)4-12/h5-7H,1-4H3;5,8-9,11H,4,6-7H2,1-3H3;1-4H/b;10-5+;. The molecule has 41 heavy (non-hydrogen) atoms. The zero-order valence-electron chi connectivity index (χ0n) is 24.6. The molecular weight excluding hydrogens is 569 g/mol. The van der Waals surface area contributed by atoms with Crippen LogP contribution < -0.4 is 0 Å². The number of hydrogen-bond donors (Lipinski definition) is 0. The van der Waals surface area contributed by atoms with Crippen LogP contribution in [0.25, 0.3) is 10.9 Å². The molecular formula is C32H38Cl2F2N2O3. The fraction of sp³-hybridized carbons (Fsp3) is 0.438. The summed E-state index contributed by atoms with van der Waals surface area (Å²) in [5.74, 6) is 0.995. The fourth-order valence-corrected chi connectivity index (χ4v) is 6.00. The van der Waals surface area contributed by atoms with E-state index < -0.39 is 5.92 Å². The maximum atomic E-state index is 13.3. The highest BCUT2D eigenvalue weighted by Gasteiger charge is 2.56. The molecule has 0 spiro atoms. The van der Waals surface area contributed by atoms with E-state index in [4.69, 9.17) is 27.9 Å². The third kappa shape index (κ3) is 7.37. The van der Waals surface area contributed by atoms with Crippen LogP contribution in [0, 0.1) is 31.6 Å². The molecule has 2 atom stereocenters. The predicted octanol–water partition coefficient (Wildman–Crippen LogP) is 8.26. The highest BCUT2D eigenvalue weighted by molar-refractivity contribution is 6.39. The Kier molecular flexibility index (Phi) is 10.8. The lowest BCUT2D eigenvalue weighted by atomic mass is 10.0. The summed E-state index contributed by atoms with van der Waals surface area (Å²) in [6.07, 6.45) is 4.43. The van der Waals surface area contributed by atoms with Crippen LogP contribution in [0.1, 0.15) is 57.8 Å². The Morgan fingerprint density at radius 2 is 1.71 bits per heavy atom. The van der Waals surface area contributed by atoms with E-state index in [-0.39, 0.29) is 26.7 Å². The van der Waals surface area contributed by atoms with Gasteiger partial charge in [0.1, 0.15) is 0 Å². The molecule has 2 aromatic carbocycles. The van der Waals surface area contributed by atoms with Crippen molar-refractivity contribution < 1.29 is 23.1 Å². The maximum absolute atomic E-state index is 13.3. The number of carbonyl (C=O) groups is 2. The number of nitrogens with zero attached hydrogens (tertiary/aromatic N) is 2. The van der Waals surface area contributed by atoms with Crippen molar-refractivity contribution in [3.8, 4) is 0 Å². The zero-order valence-corrected chi connectivity index (χ0v) is 26.1. The van der Waals surface area contributed by atoms with Crippen LogP contribution in [-0.2, 0) is 17.7 Å². The quantitative estimate of drug-likeness (QED) is 0.209. The Morgan fingerprint density at radius 3 is 2.22 bits per heavy atom. The molecule has 0 radical (unpaired) electrons. The van der Waals surface area contributed by atoms with Crippen molar-refractivity contribution in [1.82, 2.24) is 9.47 Å². The first-order valence-corrected chi connectivity index (χ1v) is 14.3. The number of aryl methyl sites for hydroxylation is 3. The molecule has 0 bridgehead atoms. The third-order valence-electron chi connectivity index (χ3n) is 7.86. The molecule has 1 saturated carbocycles. The molecule has 222 valence electrons. The molecule has 5 rings (SSSR count). The Bertz CT molecular complexity index is 1430. The van der Waals surface area contributed by atoms with Crippen LogP contribution in [0.4, 0.5) is 8.78 Å². The summed E-state index contributed by atoms with van der Waals surface area (Å²) in [7, 11) is 5.91. The maximum Gasteiger partial charge on any atom is 0.270 e. The number of carbonyl (C=O) groups excluding carboxylic acids is 2. The molecule has 1 aliphatic carbocycles. The van der Waals surface area contributed by atoms with Crippen LogP contribution in [-0.4, -0.2) is 49.3 Å². The summed E-state index contributed by atoms with van der Waals surface area (Å²) in [5, 5.41) is 1.40. The predicted molar refractivity (Wildman–Crippen MR) is 163 cm³/mol. The number of aromatic nitrogens is 1. The number of halogens is 4. The Balaban J connectivity index is 0.000000171. The largest absolute Gasteiger partial charge is 0.501 e. The number of methoxy groups -OCH3 is 1. The third-order valence-corrected chi connectivity index (χ3v) is 8.61. The first-order valence-electron chi connectivity index (χ1n) is 13.5. The normalized spacial score (nSPS) is 20.0. The lowest BCUT2D eigenvalue weighted by Gasteiger charge is -2.14. The molecule has 2 unspecified atom stereocenters. The number of alkyl halides is 2. The number of ether oxygens (including phenoxy) is 1. The van der Waals surface area contributed by atoms with Crippen molar-refractivity contribution in [3.05, 3.63) is 80.2 Å². The summed E-state index contributed by atoms with van der Waals surface area (Å²) in [4.78, 5) is 23.2. The van der Waals surface area contributed by atoms with Gasteiger partial charge in [0.15, 0.2) is 12.6 Å². The van der Waals surface area contributed by atoms with Gasteiger partial charge in [0.05, 0.1) is 28.5 Å². The average molecular weight is 608 g/mol. The van der Waals surface area contributed by atoms with Crippen LogP contribution in [0.5, 0.6) is 0 Å². The highest BCUT2D eigenvalue weighted by Crippen LogP contribution is 2.55. The number of fused-ring (bicyclic) bond motifs is 2. The minimum absolute atomic E-state index is 0.0821. The molecule has 1 aromatic heterocycles. The molecule has 5 nitrogen and oxygen atoms in total. The number of likely N-dealkylation sites (tertiary alicyclic amines) is 1. The van der Waals surface area contributed by atoms with Crippen molar-refractivity contribution in [2.75, 3.05) is 27.2 Å². The van der Waals surface area contributed by atoms with Crippen molar-refractivity contribution in [2.45, 2.75) is 40.0 Å². The van der Waals surface area contributed by atoms with E-state index in [1.165, 1.54) is 31.0 Å². The van der Waals surface area contributed by atoms with Gasteiger partial charge in [-0.05, 0) is 81.1 Å². The topological polar surface area (TPSA) is 51.5 Å². The van der Waals surface area contributed by atoms with E-state index >= 15 is 0 Å². The summed E-state index contributed by atoms with van der Waals surface area (Å²) in [6, 6.07) is 8.10. The van der Waals surface area contributed by atoms with Crippen LogP contribution >= 0.6 is 23.2 Å². The first-order chi connectivity index (χ1) is 19.3. The number of allylic oxidation sites excluding steroid dienone is 2. The Morgan fingerprint density at radius 1 is 1.07 bits per heavy atom. The molecule has 1 aliphatic heterocycles. The highest BCUT2D eigenvalue weighted by atomic mass is 35.5. The number of hydrogen-bond acceptors (Lipinski definition) is 4. The van der Waals surface area contributed by atoms with Crippen molar-refractivity contribution >= 4 is 46.7 Å². The lowest BCUT2D eigenvalue weighted by molar-refractivity contribution is 0.0175. The van der Waals surface area contributed by atoms with Gasteiger partial charge in [-0.2, -0.15) is 0 Å². The van der Waals surface area contributed by atoms with E-state index in [1.54, 1.807) is 19.2 Å². The second-order valence-corrected chi connectivity index (χ2v) is 11.6. The molecule has 2 aliphatic rings. The first kappa shape index (κ1) is 32.8. The van der Waals surface area contributed by atoms with Crippen LogP contribution in [0.15, 0.2) is 42.2 Å². The monoisotopic (exact) mass is 606 g/mol. The smallest absolute Gasteiger partial charge is 0.270 e. The van der Waals surface area contributed by atoms with Gasteiger partial charge in [-0.3, -0.25) is 9.59 Å². The molecule has 9 heteroatoms. The van der Waals surface area contributed by atoms with Gasteiger partial charge in [0.2, 0.25) is 0 Å². The fourth-order valence-electron chi connectivity index (χ4n) is 5.50. The zero-order chi connectivity index (χ0) is 30.6. The molecule has 0 N–H and O–H groups in total. The van der Waals surface area contributed by atoms with E-state index in [0.29, 0.717) is 12.6 Å². The van der Waals surface area contributed by atoms with Gasteiger partial charge in [0, 0.05) is 60.7 Å². The number of benzene rings is 2. The minimum atomic E-state index is -2.78. The summed E-state index contributed by atoms with van der Waals surface area (Å²) in [5.41, 5.74) is 3.35. The number of rotatable bonds is 6. The summed E-state index contributed by atoms with van der Waals surface area (Å²) in [6.45, 7) is 9.48. The van der Waals surface area contributed by atoms with Gasteiger partial charge in [-0.25, -0.2) is 8.78 Å². The second kappa shape index (κ2) is 13.5. The molecule has 0 amide bonds. The molecule has 2 fully saturated rings. The van der Waals surface area contributed by atoms with Gasteiger partial charge < -0.3 is 14.2 Å².